The van der Waals surface area contributed by atoms with Gasteiger partial charge in [-0.05, 0) is 46.3 Å². The van der Waals surface area contributed by atoms with Crippen LogP contribution in [0.1, 0.15) is 47.0 Å². The van der Waals surface area contributed by atoms with Crippen molar-refractivity contribution < 1.29 is 0 Å². The van der Waals surface area contributed by atoms with Crippen molar-refractivity contribution in [3.05, 3.63) is 0 Å². The van der Waals surface area contributed by atoms with E-state index >= 15 is 0 Å². The number of unbranched alkanes of at least 4 members (excludes halogenated alkanes) is 1. The van der Waals surface area contributed by atoms with Crippen LogP contribution in [0, 0.1) is 16.7 Å². The van der Waals surface area contributed by atoms with Crippen LogP contribution in [0.5, 0.6) is 0 Å². The predicted octanol–water partition coefficient (Wildman–Crippen LogP) is 2.64. The first-order valence-electron chi connectivity index (χ1n) is 6.90. The monoisotopic (exact) mass is 239 g/mol. The third-order valence-electron chi connectivity index (χ3n) is 3.21. The maximum Gasteiger partial charge on any atom is 0.0683 e. The van der Waals surface area contributed by atoms with E-state index in [0.717, 1.165) is 45.6 Å². The number of nitrogens with zero attached hydrogens (tertiary/aromatic N) is 2. The van der Waals surface area contributed by atoms with Crippen molar-refractivity contribution in [2.24, 2.45) is 5.41 Å². The van der Waals surface area contributed by atoms with Crippen LogP contribution >= 0.6 is 0 Å². The van der Waals surface area contributed by atoms with E-state index in [9.17, 15) is 0 Å². The van der Waals surface area contributed by atoms with Gasteiger partial charge in [-0.3, -0.25) is 0 Å². The molecule has 1 N–H and O–H groups in total. The number of hydrogen-bond donors (Lipinski definition) is 1. The number of rotatable bonds is 10. The lowest BCUT2D eigenvalue weighted by atomic mass is 9.89. The molecule has 0 saturated heterocycles. The molecular formula is C14H29N3. The van der Waals surface area contributed by atoms with Crippen molar-refractivity contribution in [1.82, 2.24) is 10.2 Å². The fourth-order valence-corrected chi connectivity index (χ4v) is 1.77. The largest absolute Gasteiger partial charge is 0.315 e. The van der Waals surface area contributed by atoms with Gasteiger partial charge in [-0.2, -0.15) is 5.26 Å². The SMILES string of the molecule is CCN(CC)CCNCCCCC(C)(C)C#N. The Bertz CT molecular complexity index is 214. The molecule has 0 aliphatic carbocycles. The number of nitriles is 1. The summed E-state index contributed by atoms with van der Waals surface area (Å²) in [4.78, 5) is 2.42. The van der Waals surface area contributed by atoms with Crippen LogP contribution in [-0.2, 0) is 0 Å². The van der Waals surface area contributed by atoms with Gasteiger partial charge in [-0.25, -0.2) is 0 Å². The zero-order chi connectivity index (χ0) is 13.1. The van der Waals surface area contributed by atoms with Gasteiger partial charge in [0.1, 0.15) is 0 Å². The number of nitrogens with one attached hydrogen (secondary N) is 1. The Morgan fingerprint density at radius 3 is 2.29 bits per heavy atom. The fourth-order valence-electron chi connectivity index (χ4n) is 1.77. The van der Waals surface area contributed by atoms with Gasteiger partial charge < -0.3 is 10.2 Å². The molecule has 0 rings (SSSR count). The zero-order valence-corrected chi connectivity index (χ0v) is 12.1. The van der Waals surface area contributed by atoms with Crippen molar-refractivity contribution in [3.8, 4) is 6.07 Å². The molecule has 0 radical (unpaired) electrons. The van der Waals surface area contributed by atoms with Gasteiger partial charge in [-0.1, -0.05) is 20.3 Å². The smallest absolute Gasteiger partial charge is 0.0683 e. The van der Waals surface area contributed by atoms with Crippen molar-refractivity contribution >= 4 is 0 Å². The lowest BCUT2D eigenvalue weighted by Crippen LogP contribution is -2.32. The second-order valence-electron chi connectivity index (χ2n) is 5.23. The van der Waals surface area contributed by atoms with Crippen LogP contribution < -0.4 is 5.32 Å². The topological polar surface area (TPSA) is 39.1 Å². The lowest BCUT2D eigenvalue weighted by Gasteiger charge is -2.18. The van der Waals surface area contributed by atoms with Gasteiger partial charge in [0.2, 0.25) is 0 Å². The Balaban J connectivity index is 3.33. The average molecular weight is 239 g/mol. The molecule has 0 bridgehead atoms. The summed E-state index contributed by atoms with van der Waals surface area (Å²) in [6, 6.07) is 2.35. The predicted molar refractivity (Wildman–Crippen MR) is 73.9 cm³/mol. The van der Waals surface area contributed by atoms with Crippen LogP contribution in [0.3, 0.4) is 0 Å². The molecule has 0 amide bonds. The van der Waals surface area contributed by atoms with E-state index in [-0.39, 0.29) is 5.41 Å². The van der Waals surface area contributed by atoms with E-state index in [1.807, 2.05) is 13.8 Å². The summed E-state index contributed by atoms with van der Waals surface area (Å²) < 4.78 is 0. The van der Waals surface area contributed by atoms with Crippen LogP contribution in [-0.4, -0.2) is 37.6 Å². The quantitative estimate of drug-likeness (QED) is 0.596. The van der Waals surface area contributed by atoms with Gasteiger partial charge in [0.25, 0.3) is 0 Å². The van der Waals surface area contributed by atoms with E-state index in [0.29, 0.717) is 0 Å². The van der Waals surface area contributed by atoms with Gasteiger partial charge in [-0.15, -0.1) is 0 Å². The summed E-state index contributed by atoms with van der Waals surface area (Å²) >= 11 is 0. The Morgan fingerprint density at radius 1 is 1.12 bits per heavy atom. The highest BCUT2D eigenvalue weighted by atomic mass is 15.1. The van der Waals surface area contributed by atoms with Crippen LogP contribution in [0.2, 0.25) is 0 Å². The minimum atomic E-state index is -0.152. The Labute approximate surface area is 107 Å². The minimum absolute atomic E-state index is 0.152. The highest BCUT2D eigenvalue weighted by molar-refractivity contribution is 4.91. The first kappa shape index (κ1) is 16.4. The molecule has 0 aromatic carbocycles. The van der Waals surface area contributed by atoms with E-state index < -0.39 is 0 Å². The Morgan fingerprint density at radius 2 is 1.76 bits per heavy atom. The first-order chi connectivity index (χ1) is 8.05. The molecule has 100 valence electrons. The minimum Gasteiger partial charge on any atom is -0.315 e. The molecule has 0 aromatic rings. The number of likely N-dealkylation sites (N-methyl/N-ethyl adjacent to an activating group) is 1. The van der Waals surface area contributed by atoms with E-state index in [2.05, 4.69) is 30.1 Å². The second kappa shape index (κ2) is 9.44. The van der Waals surface area contributed by atoms with E-state index in [4.69, 9.17) is 5.26 Å². The van der Waals surface area contributed by atoms with Gasteiger partial charge in [0.15, 0.2) is 0 Å². The fraction of sp³-hybridized carbons (Fsp3) is 0.929. The lowest BCUT2D eigenvalue weighted by molar-refractivity contribution is 0.301. The second-order valence-corrected chi connectivity index (χ2v) is 5.23. The van der Waals surface area contributed by atoms with Gasteiger partial charge >= 0.3 is 0 Å². The summed E-state index contributed by atoms with van der Waals surface area (Å²) in [7, 11) is 0. The molecule has 3 nitrogen and oxygen atoms in total. The molecule has 0 atom stereocenters. The molecule has 0 aromatic heterocycles. The summed E-state index contributed by atoms with van der Waals surface area (Å²) in [5.41, 5.74) is -0.152. The molecule has 0 fully saturated rings. The molecule has 0 saturated carbocycles. The Kier molecular flexibility index (Phi) is 9.11. The standard InChI is InChI=1S/C14H29N3/c1-5-17(6-2)12-11-16-10-8-7-9-14(3,4)13-15/h16H,5-12H2,1-4H3. The summed E-state index contributed by atoms with van der Waals surface area (Å²) in [6.07, 6.45) is 3.31. The van der Waals surface area contributed by atoms with Gasteiger partial charge in [0, 0.05) is 13.1 Å². The molecule has 17 heavy (non-hydrogen) atoms. The summed E-state index contributed by atoms with van der Waals surface area (Å²) in [6.45, 7) is 14.0. The maximum absolute atomic E-state index is 8.88. The van der Waals surface area contributed by atoms with Crippen molar-refractivity contribution in [2.45, 2.75) is 47.0 Å². The van der Waals surface area contributed by atoms with Crippen molar-refractivity contribution in [3.63, 3.8) is 0 Å². The first-order valence-corrected chi connectivity index (χ1v) is 6.90. The third-order valence-corrected chi connectivity index (χ3v) is 3.21. The van der Waals surface area contributed by atoms with E-state index in [1.165, 1.54) is 6.42 Å². The molecule has 0 aliphatic heterocycles. The third kappa shape index (κ3) is 9.14. The average Bonchev–Trinajstić information content (AvgIpc) is 2.33. The van der Waals surface area contributed by atoms with Crippen molar-refractivity contribution in [1.29, 1.82) is 5.26 Å². The van der Waals surface area contributed by atoms with Crippen molar-refractivity contribution in [2.75, 3.05) is 32.7 Å². The maximum atomic E-state index is 8.88. The van der Waals surface area contributed by atoms with Crippen LogP contribution in [0.4, 0.5) is 0 Å². The zero-order valence-electron chi connectivity index (χ0n) is 12.1. The molecule has 0 heterocycles. The summed E-state index contributed by atoms with van der Waals surface area (Å²) in [5, 5.41) is 12.3. The normalized spacial score (nSPS) is 11.8. The molecule has 0 unspecified atom stereocenters. The Hall–Kier alpha value is -0.590. The molecule has 0 spiro atoms. The summed E-state index contributed by atoms with van der Waals surface area (Å²) in [5.74, 6) is 0. The van der Waals surface area contributed by atoms with Crippen LogP contribution in [0.25, 0.3) is 0 Å². The van der Waals surface area contributed by atoms with Crippen LogP contribution in [0.15, 0.2) is 0 Å². The highest BCUT2D eigenvalue weighted by Gasteiger charge is 2.15. The van der Waals surface area contributed by atoms with Gasteiger partial charge in [0.05, 0.1) is 11.5 Å². The molecule has 3 heteroatoms. The highest BCUT2D eigenvalue weighted by Crippen LogP contribution is 2.21. The number of hydrogen-bond acceptors (Lipinski definition) is 3. The molecular weight excluding hydrogens is 210 g/mol. The van der Waals surface area contributed by atoms with E-state index in [1.54, 1.807) is 0 Å². The molecule has 0 aliphatic rings.